The second-order valence-electron chi connectivity index (χ2n) is 7.64. The van der Waals surface area contributed by atoms with E-state index in [1.54, 1.807) is 30.5 Å². The molecular formula is C22H30F2N3O3-. The molecule has 0 aliphatic rings. The number of hydrogen-bond acceptors (Lipinski definition) is 4. The minimum absolute atomic E-state index is 0.00644. The number of methoxy groups -OCH3 is 1. The summed E-state index contributed by atoms with van der Waals surface area (Å²) >= 11 is 0. The molecule has 0 fully saturated rings. The first kappa shape index (κ1) is 25.3. The van der Waals surface area contributed by atoms with E-state index in [0.29, 0.717) is 17.1 Å². The molecule has 0 saturated carbocycles. The van der Waals surface area contributed by atoms with Crippen LogP contribution in [-0.4, -0.2) is 36.6 Å². The smallest absolute Gasteiger partial charge is 0.272 e. The van der Waals surface area contributed by atoms with E-state index in [0.717, 1.165) is 11.3 Å². The standard InChI is InChI=1S/C15H22F2NO2.C7H8N2O/c1-10(18-15(2,3)4)11-6-7-12(13(8-11)19-5)20-9-14(16)17;1-5-4-6(7(8)10)2-3-9-5/h6-8,10,14H,9H2,1-5H3;2-4H,1H3,(H2,8,10)/q-1;. The number of halogens is 2. The Morgan fingerprint density at radius 2 is 1.87 bits per heavy atom. The number of rotatable bonds is 7. The molecule has 8 heteroatoms. The number of ether oxygens (including phenoxy) is 2. The van der Waals surface area contributed by atoms with Crippen LogP contribution in [0, 0.1) is 6.92 Å². The molecule has 1 aromatic heterocycles. The number of nitrogens with zero attached hydrogens (tertiary/aromatic N) is 2. The third kappa shape index (κ3) is 9.17. The lowest BCUT2D eigenvalue weighted by Gasteiger charge is -2.42. The molecule has 6 nitrogen and oxygen atoms in total. The van der Waals surface area contributed by atoms with Gasteiger partial charge < -0.3 is 20.5 Å². The Morgan fingerprint density at radius 1 is 1.20 bits per heavy atom. The van der Waals surface area contributed by atoms with Gasteiger partial charge in [-0.25, -0.2) is 8.78 Å². The molecule has 166 valence electrons. The van der Waals surface area contributed by atoms with E-state index >= 15 is 0 Å². The molecule has 0 aliphatic carbocycles. The van der Waals surface area contributed by atoms with E-state index in [1.807, 2.05) is 40.7 Å². The van der Waals surface area contributed by atoms with Crippen molar-refractivity contribution >= 4 is 5.91 Å². The second-order valence-corrected chi connectivity index (χ2v) is 7.64. The van der Waals surface area contributed by atoms with E-state index in [1.165, 1.54) is 7.11 Å². The van der Waals surface area contributed by atoms with Gasteiger partial charge in [0.25, 0.3) is 6.43 Å². The minimum atomic E-state index is -2.51. The highest BCUT2D eigenvalue weighted by Gasteiger charge is 2.11. The van der Waals surface area contributed by atoms with E-state index in [-0.39, 0.29) is 11.6 Å². The highest BCUT2D eigenvalue weighted by atomic mass is 19.3. The monoisotopic (exact) mass is 422 g/mol. The Balaban J connectivity index is 0.000000375. The van der Waals surface area contributed by atoms with Crippen LogP contribution >= 0.6 is 0 Å². The Morgan fingerprint density at radius 3 is 2.33 bits per heavy atom. The lowest BCUT2D eigenvalue weighted by atomic mass is 10.0. The summed E-state index contributed by atoms with van der Waals surface area (Å²) in [5, 5.41) is 4.64. The summed E-state index contributed by atoms with van der Waals surface area (Å²) in [5.74, 6) is 0.351. The van der Waals surface area contributed by atoms with Gasteiger partial charge in [-0.15, -0.1) is 11.6 Å². The average Bonchev–Trinajstić information content (AvgIpc) is 2.65. The lowest BCUT2D eigenvalue weighted by molar-refractivity contribution is 0.0804. The molecule has 2 aromatic rings. The van der Waals surface area contributed by atoms with Crippen LogP contribution in [0.5, 0.6) is 11.5 Å². The van der Waals surface area contributed by atoms with Crippen molar-refractivity contribution in [3.63, 3.8) is 0 Å². The summed E-state index contributed by atoms with van der Waals surface area (Å²) in [5.41, 5.74) is 7.14. The van der Waals surface area contributed by atoms with Gasteiger partial charge in [0.2, 0.25) is 5.91 Å². The summed E-state index contributed by atoms with van der Waals surface area (Å²) < 4.78 is 34.5. The van der Waals surface area contributed by atoms with Gasteiger partial charge in [0, 0.05) is 17.5 Å². The third-order valence-corrected chi connectivity index (χ3v) is 3.80. The maximum Gasteiger partial charge on any atom is 0.272 e. The predicted molar refractivity (Wildman–Crippen MR) is 114 cm³/mol. The van der Waals surface area contributed by atoms with Crippen molar-refractivity contribution in [3.05, 3.63) is 58.7 Å². The van der Waals surface area contributed by atoms with Gasteiger partial charge in [0.05, 0.1) is 7.11 Å². The number of carbonyl (C=O) groups excluding carboxylic acids is 1. The van der Waals surface area contributed by atoms with Gasteiger partial charge in [-0.3, -0.25) is 9.78 Å². The number of hydrogen-bond donors (Lipinski definition) is 1. The van der Waals surface area contributed by atoms with Gasteiger partial charge >= 0.3 is 0 Å². The van der Waals surface area contributed by atoms with Crippen LogP contribution in [0.4, 0.5) is 8.78 Å². The zero-order valence-electron chi connectivity index (χ0n) is 18.3. The van der Waals surface area contributed by atoms with Crippen LogP contribution in [0.25, 0.3) is 5.32 Å². The van der Waals surface area contributed by atoms with Gasteiger partial charge in [-0.05, 0) is 31.2 Å². The number of nitrogens with two attached hydrogens (primary N) is 1. The van der Waals surface area contributed by atoms with Gasteiger partial charge in [-0.2, -0.15) is 0 Å². The molecule has 0 radical (unpaired) electrons. The maximum atomic E-state index is 12.2. The molecule has 0 bridgehead atoms. The molecule has 2 rings (SSSR count). The van der Waals surface area contributed by atoms with Crippen LogP contribution in [0.3, 0.4) is 0 Å². The molecule has 0 spiro atoms. The number of aryl methyl sites for hydroxylation is 1. The quantitative estimate of drug-likeness (QED) is 0.675. The number of alkyl halides is 2. The van der Waals surface area contributed by atoms with Crippen molar-refractivity contribution < 1.29 is 23.0 Å². The van der Waals surface area contributed by atoms with Crippen LogP contribution in [0.2, 0.25) is 0 Å². The Kier molecular flexibility index (Phi) is 9.65. The van der Waals surface area contributed by atoms with Crippen molar-refractivity contribution in [2.45, 2.75) is 52.6 Å². The maximum absolute atomic E-state index is 12.2. The van der Waals surface area contributed by atoms with E-state index in [9.17, 15) is 13.6 Å². The number of pyridine rings is 1. The van der Waals surface area contributed by atoms with Gasteiger partial charge in [0.1, 0.15) is 6.61 Å². The van der Waals surface area contributed by atoms with Crippen molar-refractivity contribution in [2.24, 2.45) is 5.73 Å². The van der Waals surface area contributed by atoms with Crippen LogP contribution in [0.1, 0.15) is 55.4 Å². The molecule has 0 aliphatic heterocycles. The van der Waals surface area contributed by atoms with Crippen LogP contribution in [0.15, 0.2) is 36.5 Å². The largest absolute Gasteiger partial charge is 0.651 e. The van der Waals surface area contributed by atoms with E-state index < -0.39 is 18.9 Å². The highest BCUT2D eigenvalue weighted by Crippen LogP contribution is 2.35. The molecule has 1 aromatic carbocycles. The first-order valence-corrected chi connectivity index (χ1v) is 9.46. The molecule has 1 atom stereocenters. The van der Waals surface area contributed by atoms with Crippen LogP contribution in [-0.2, 0) is 0 Å². The third-order valence-electron chi connectivity index (χ3n) is 3.80. The molecule has 2 N–H and O–H groups in total. The normalized spacial score (nSPS) is 12.0. The molecular weight excluding hydrogens is 392 g/mol. The van der Waals surface area contributed by atoms with Crippen molar-refractivity contribution in [2.75, 3.05) is 13.7 Å². The molecule has 1 amide bonds. The molecule has 0 saturated heterocycles. The highest BCUT2D eigenvalue weighted by molar-refractivity contribution is 5.92. The summed E-state index contributed by atoms with van der Waals surface area (Å²) in [6.07, 6.45) is -0.940. The molecule has 1 heterocycles. The molecule has 30 heavy (non-hydrogen) atoms. The number of benzene rings is 1. The van der Waals surface area contributed by atoms with E-state index in [2.05, 4.69) is 10.3 Å². The number of carbonyl (C=O) groups is 1. The summed E-state index contributed by atoms with van der Waals surface area (Å²) in [4.78, 5) is 14.5. The SMILES string of the molecule is COc1cc(C(C)[N-]C(C)(C)C)ccc1OCC(F)F.Cc1cc(C(N)=O)ccn1. The summed E-state index contributed by atoms with van der Waals surface area (Å²) in [6, 6.07) is 8.49. The van der Waals surface area contributed by atoms with Gasteiger partial charge in [0.15, 0.2) is 11.5 Å². The Hall–Kier alpha value is -2.74. The number of primary amides is 1. The zero-order valence-corrected chi connectivity index (χ0v) is 18.3. The summed E-state index contributed by atoms with van der Waals surface area (Å²) in [7, 11) is 1.49. The van der Waals surface area contributed by atoms with Crippen molar-refractivity contribution in [1.29, 1.82) is 0 Å². The number of aromatic nitrogens is 1. The topological polar surface area (TPSA) is 88.5 Å². The second kappa shape index (κ2) is 11.4. The first-order chi connectivity index (χ1) is 13.9. The lowest BCUT2D eigenvalue weighted by Crippen LogP contribution is -2.15. The molecule has 1 unspecified atom stereocenters. The van der Waals surface area contributed by atoms with E-state index in [4.69, 9.17) is 15.2 Å². The van der Waals surface area contributed by atoms with Gasteiger partial charge in [-0.1, -0.05) is 39.3 Å². The average molecular weight is 422 g/mol. The fraction of sp³-hybridized carbons (Fsp3) is 0.455. The number of amides is 1. The van der Waals surface area contributed by atoms with Crippen molar-refractivity contribution in [1.82, 2.24) is 4.98 Å². The fourth-order valence-electron chi connectivity index (χ4n) is 2.57. The van der Waals surface area contributed by atoms with Crippen molar-refractivity contribution in [3.8, 4) is 11.5 Å². The first-order valence-electron chi connectivity index (χ1n) is 9.46. The Bertz CT molecular complexity index is 824. The van der Waals surface area contributed by atoms with Crippen LogP contribution < -0.4 is 15.2 Å². The zero-order chi connectivity index (χ0) is 22.9. The summed E-state index contributed by atoms with van der Waals surface area (Å²) in [6.45, 7) is 9.24. The predicted octanol–water partition coefficient (Wildman–Crippen LogP) is 5.06. The Labute approximate surface area is 176 Å². The fourth-order valence-corrected chi connectivity index (χ4v) is 2.57. The minimum Gasteiger partial charge on any atom is -0.651 e.